The van der Waals surface area contributed by atoms with Gasteiger partial charge in [-0.25, -0.2) is 13.9 Å². The summed E-state index contributed by atoms with van der Waals surface area (Å²) >= 11 is 0. The fourth-order valence-corrected chi connectivity index (χ4v) is 6.47. The molecule has 1 unspecified atom stereocenters. The molecule has 0 aliphatic carbocycles. The van der Waals surface area contributed by atoms with Crippen molar-refractivity contribution in [2.45, 2.75) is 30.3 Å². The van der Waals surface area contributed by atoms with Gasteiger partial charge in [-0.15, -0.1) is 0 Å². The fourth-order valence-electron chi connectivity index (χ4n) is 4.87. The van der Waals surface area contributed by atoms with Crippen LogP contribution in [0.2, 0.25) is 0 Å². The van der Waals surface area contributed by atoms with Crippen LogP contribution in [-0.2, 0) is 31.0 Å². The third-order valence-corrected chi connectivity index (χ3v) is 9.12. The first kappa shape index (κ1) is 32.3. The molecule has 0 aromatic heterocycles. The highest BCUT2D eigenvalue weighted by Gasteiger charge is 2.37. The predicted molar refractivity (Wildman–Crippen MR) is 155 cm³/mol. The fraction of sp³-hybridized carbons (Fsp3) is 0.345. The maximum absolute atomic E-state index is 14.0. The number of nitrogens with zero attached hydrogens (tertiary/aromatic N) is 3. The number of hydrogen-bond donors (Lipinski definition) is 3. The number of nitrogens with one attached hydrogen (secondary N) is 1. The van der Waals surface area contributed by atoms with Gasteiger partial charge in [-0.1, -0.05) is 18.7 Å². The van der Waals surface area contributed by atoms with Crippen LogP contribution in [0, 0.1) is 0 Å². The van der Waals surface area contributed by atoms with Gasteiger partial charge in [-0.3, -0.25) is 19.6 Å². The molecule has 1 atom stereocenters. The molecule has 2 heterocycles. The third kappa shape index (κ3) is 7.30. The Balaban J connectivity index is 1.55. The summed E-state index contributed by atoms with van der Waals surface area (Å²) in [7, 11) is -2.93. The third-order valence-electron chi connectivity index (χ3n) is 7.25. The van der Waals surface area contributed by atoms with E-state index in [-0.39, 0.29) is 63.2 Å². The van der Waals surface area contributed by atoms with Crippen molar-refractivity contribution in [2.75, 3.05) is 40.1 Å². The van der Waals surface area contributed by atoms with E-state index < -0.39 is 33.6 Å². The first-order valence-corrected chi connectivity index (χ1v) is 15.1. The van der Waals surface area contributed by atoms with Crippen molar-refractivity contribution in [2.24, 2.45) is 0 Å². The molecule has 0 saturated carbocycles. The molecule has 0 bridgehead atoms. The van der Waals surface area contributed by atoms with Crippen molar-refractivity contribution in [3.63, 3.8) is 0 Å². The van der Waals surface area contributed by atoms with Crippen molar-refractivity contribution in [1.82, 2.24) is 19.6 Å². The van der Waals surface area contributed by atoms with Crippen molar-refractivity contribution in [3.05, 3.63) is 72.5 Å². The molecule has 4 rings (SSSR count). The maximum atomic E-state index is 14.0. The lowest BCUT2D eigenvalue weighted by molar-refractivity contribution is -0.139. The van der Waals surface area contributed by atoms with Gasteiger partial charge < -0.3 is 29.1 Å². The van der Waals surface area contributed by atoms with Crippen molar-refractivity contribution >= 4 is 27.7 Å². The number of hydroxylamine groups is 1. The van der Waals surface area contributed by atoms with Gasteiger partial charge in [-0.2, -0.15) is 4.31 Å². The van der Waals surface area contributed by atoms with Crippen LogP contribution < -0.4 is 19.7 Å². The van der Waals surface area contributed by atoms with Gasteiger partial charge in [0.15, 0.2) is 17.3 Å². The first-order chi connectivity index (χ1) is 21.1. The molecule has 2 aliphatic rings. The van der Waals surface area contributed by atoms with Crippen molar-refractivity contribution in [3.8, 4) is 17.2 Å². The highest BCUT2D eigenvalue weighted by molar-refractivity contribution is 7.89. The number of ether oxygens (including phenoxy) is 3. The normalized spacial score (nSPS) is 15.6. The Kier molecular flexibility index (Phi) is 10.5. The first-order valence-electron chi connectivity index (χ1n) is 13.7. The summed E-state index contributed by atoms with van der Waals surface area (Å²) in [6.07, 6.45) is 1.98. The number of allylic oxidation sites excluding steroid dienone is 2. The molecule has 1 saturated heterocycles. The molecule has 3 amide bonds. The van der Waals surface area contributed by atoms with E-state index in [1.54, 1.807) is 23.7 Å². The molecule has 1 fully saturated rings. The Morgan fingerprint density at radius 1 is 1.07 bits per heavy atom. The molecule has 236 valence electrons. The van der Waals surface area contributed by atoms with Crippen LogP contribution in [0.4, 0.5) is 0 Å². The second kappa shape index (κ2) is 14.2. The summed E-state index contributed by atoms with van der Waals surface area (Å²) in [5.41, 5.74) is 2.02. The average molecular weight is 631 g/mol. The molecule has 2 aromatic rings. The SMILES string of the molecule is C=C/C=C(\O)C(=O)N1CCN(C(=O)CCC(C(=O)NO)N(Cc2ccc3c(c2)OCO3)S(=O)(=O)c2ccc(OC)cc2)CC1. The second-order valence-corrected chi connectivity index (χ2v) is 11.8. The van der Waals surface area contributed by atoms with E-state index in [0.29, 0.717) is 22.8 Å². The smallest absolute Gasteiger partial charge is 0.288 e. The van der Waals surface area contributed by atoms with E-state index in [9.17, 15) is 33.1 Å². The Hall–Kier alpha value is -4.60. The van der Waals surface area contributed by atoms with Crippen LogP contribution in [0.5, 0.6) is 17.2 Å². The van der Waals surface area contributed by atoms with E-state index in [1.807, 2.05) is 0 Å². The van der Waals surface area contributed by atoms with Crippen LogP contribution in [0.1, 0.15) is 18.4 Å². The number of methoxy groups -OCH3 is 1. The van der Waals surface area contributed by atoms with E-state index in [1.165, 1.54) is 53.3 Å². The number of aliphatic hydroxyl groups excluding tert-OH is 1. The number of piperazine rings is 1. The number of aliphatic hydroxyl groups is 1. The molecule has 0 spiro atoms. The van der Waals surface area contributed by atoms with Crippen LogP contribution in [-0.4, -0.2) is 96.7 Å². The highest BCUT2D eigenvalue weighted by atomic mass is 32.2. The zero-order chi connectivity index (χ0) is 31.9. The largest absolute Gasteiger partial charge is 0.503 e. The topological polar surface area (TPSA) is 175 Å². The average Bonchev–Trinajstić information content (AvgIpc) is 3.52. The summed E-state index contributed by atoms with van der Waals surface area (Å²) in [5.74, 6) is -1.11. The molecule has 0 radical (unpaired) electrons. The zero-order valence-electron chi connectivity index (χ0n) is 24.0. The Morgan fingerprint density at radius 3 is 2.36 bits per heavy atom. The lowest BCUT2D eigenvalue weighted by atomic mass is 10.1. The van der Waals surface area contributed by atoms with Crippen LogP contribution in [0.3, 0.4) is 0 Å². The summed E-state index contributed by atoms with van der Waals surface area (Å²) in [5, 5.41) is 19.4. The number of rotatable bonds is 12. The van der Waals surface area contributed by atoms with Gasteiger partial charge in [0.25, 0.3) is 11.8 Å². The van der Waals surface area contributed by atoms with Gasteiger partial charge in [0.1, 0.15) is 11.8 Å². The Labute approximate surface area is 254 Å². The summed E-state index contributed by atoms with van der Waals surface area (Å²) in [6, 6.07) is 8.97. The summed E-state index contributed by atoms with van der Waals surface area (Å²) < 4.78 is 44.8. The van der Waals surface area contributed by atoms with Crippen LogP contribution in [0.15, 0.2) is 71.9 Å². The number of benzene rings is 2. The van der Waals surface area contributed by atoms with Crippen LogP contribution >= 0.6 is 0 Å². The minimum atomic E-state index is -4.37. The van der Waals surface area contributed by atoms with Crippen molar-refractivity contribution in [1.29, 1.82) is 0 Å². The van der Waals surface area contributed by atoms with E-state index in [0.717, 1.165) is 4.31 Å². The lowest BCUT2D eigenvalue weighted by Crippen LogP contribution is -2.52. The molecule has 2 aliphatic heterocycles. The Morgan fingerprint density at radius 2 is 1.73 bits per heavy atom. The number of sulfonamides is 1. The molecule has 15 heteroatoms. The highest BCUT2D eigenvalue weighted by Crippen LogP contribution is 2.34. The van der Waals surface area contributed by atoms with Gasteiger partial charge in [-0.05, 0) is 54.5 Å². The van der Waals surface area contributed by atoms with Gasteiger partial charge in [0.2, 0.25) is 22.7 Å². The minimum absolute atomic E-state index is 0.0133. The zero-order valence-corrected chi connectivity index (χ0v) is 24.9. The number of carbonyl (C=O) groups is 3. The molecule has 44 heavy (non-hydrogen) atoms. The van der Waals surface area contributed by atoms with Crippen LogP contribution in [0.25, 0.3) is 0 Å². The van der Waals surface area contributed by atoms with Gasteiger partial charge in [0, 0.05) is 39.1 Å². The quantitative estimate of drug-likeness (QED) is 0.103. The summed E-state index contributed by atoms with van der Waals surface area (Å²) in [4.78, 5) is 41.3. The second-order valence-electron chi connectivity index (χ2n) is 9.90. The monoisotopic (exact) mass is 630 g/mol. The van der Waals surface area contributed by atoms with Crippen molar-refractivity contribution < 1.29 is 47.3 Å². The minimum Gasteiger partial charge on any atom is -0.503 e. The summed E-state index contributed by atoms with van der Waals surface area (Å²) in [6.45, 7) is 3.85. The molecular weight excluding hydrogens is 596 g/mol. The molecular formula is C29H34N4O10S. The molecule has 2 aromatic carbocycles. The Bertz CT molecular complexity index is 1520. The lowest BCUT2D eigenvalue weighted by Gasteiger charge is -2.35. The molecule has 14 nitrogen and oxygen atoms in total. The van der Waals surface area contributed by atoms with Gasteiger partial charge >= 0.3 is 0 Å². The predicted octanol–water partition coefficient (Wildman–Crippen LogP) is 1.57. The van der Waals surface area contributed by atoms with E-state index >= 15 is 0 Å². The maximum Gasteiger partial charge on any atom is 0.288 e. The standard InChI is InChI=1S/C29H34N4O10S/c1-3-4-24(34)29(37)32-15-13-31(14-16-32)27(35)12-10-23(28(36)30-38)33(18-20-5-11-25-26(17-20)43-19-42-25)44(39,40)22-8-6-21(41-2)7-9-22/h3-9,11,17,23,34,38H,1,10,12-16,18-19H2,2H3,(H,30,36)/b24-4-. The van der Waals surface area contributed by atoms with Gasteiger partial charge in [0.05, 0.1) is 12.0 Å². The number of hydrogen-bond acceptors (Lipinski definition) is 10. The number of fused-ring (bicyclic) bond motifs is 1. The van der Waals surface area contributed by atoms with E-state index in [4.69, 9.17) is 14.2 Å². The number of carbonyl (C=O) groups excluding carboxylic acids is 3. The molecule has 3 N–H and O–H groups in total. The number of amides is 3. The van der Waals surface area contributed by atoms with E-state index in [2.05, 4.69) is 6.58 Å².